The molecule has 1 unspecified atom stereocenters. The van der Waals surface area contributed by atoms with Gasteiger partial charge in [-0.1, -0.05) is 13.8 Å². The van der Waals surface area contributed by atoms with Gasteiger partial charge in [-0.3, -0.25) is 9.59 Å². The molecule has 1 fully saturated rings. The molecule has 0 radical (unpaired) electrons. The van der Waals surface area contributed by atoms with Gasteiger partial charge in [0, 0.05) is 23.6 Å². The Hall–Kier alpha value is -1.64. The molecule has 1 aliphatic carbocycles. The van der Waals surface area contributed by atoms with E-state index in [1.165, 1.54) is 0 Å². The number of amides is 1. The van der Waals surface area contributed by atoms with Crippen LogP contribution in [0.1, 0.15) is 49.0 Å². The highest BCUT2D eigenvalue weighted by Crippen LogP contribution is 2.53. The van der Waals surface area contributed by atoms with Gasteiger partial charge in [0.25, 0.3) is 0 Å². The summed E-state index contributed by atoms with van der Waals surface area (Å²) >= 11 is 0. The van der Waals surface area contributed by atoms with Crippen molar-refractivity contribution in [2.45, 2.75) is 39.5 Å². The summed E-state index contributed by atoms with van der Waals surface area (Å²) in [5, 5.41) is 2.90. The molecule has 0 bridgehead atoms. The van der Waals surface area contributed by atoms with Crippen molar-refractivity contribution in [3.8, 4) is 0 Å². The van der Waals surface area contributed by atoms with E-state index in [9.17, 15) is 9.59 Å². The number of Topliss-reactive ketones (excluding diaryl/α,β-unsaturated/α-hetero) is 1. The highest BCUT2D eigenvalue weighted by atomic mass is 16.1. The molecule has 1 atom stereocenters. The van der Waals surface area contributed by atoms with E-state index in [0.29, 0.717) is 6.42 Å². The molecule has 1 aromatic rings. The SMILES string of the molecule is CC1(C)CC1C(=O)c1ccc2c(c1)CCCC(=O)N2. The molecule has 3 nitrogen and oxygen atoms in total. The minimum absolute atomic E-state index is 0.0705. The second kappa shape index (κ2) is 4.19. The number of rotatable bonds is 2. The molecule has 0 saturated heterocycles. The van der Waals surface area contributed by atoms with Crippen LogP contribution < -0.4 is 5.32 Å². The second-order valence-electron chi connectivity index (χ2n) is 6.38. The van der Waals surface area contributed by atoms with Crippen molar-refractivity contribution < 1.29 is 9.59 Å². The van der Waals surface area contributed by atoms with Gasteiger partial charge in [-0.2, -0.15) is 0 Å². The lowest BCUT2D eigenvalue weighted by Gasteiger charge is -2.09. The molecule has 0 spiro atoms. The number of anilines is 1. The lowest BCUT2D eigenvalue weighted by Crippen LogP contribution is -2.10. The van der Waals surface area contributed by atoms with Crippen LogP contribution in [0.5, 0.6) is 0 Å². The van der Waals surface area contributed by atoms with Crippen molar-refractivity contribution in [1.82, 2.24) is 0 Å². The van der Waals surface area contributed by atoms with Crippen LogP contribution in [0.3, 0.4) is 0 Å². The van der Waals surface area contributed by atoms with Gasteiger partial charge in [0.05, 0.1) is 0 Å². The standard InChI is InChI=1S/C16H19NO2/c1-16(2)9-12(16)15(19)11-6-7-13-10(8-11)4-3-5-14(18)17-13/h6-8,12H,3-5,9H2,1-2H3,(H,17,18). The monoisotopic (exact) mass is 257 g/mol. The fourth-order valence-electron chi connectivity index (χ4n) is 2.84. The van der Waals surface area contributed by atoms with E-state index in [2.05, 4.69) is 19.2 Å². The van der Waals surface area contributed by atoms with E-state index in [1.54, 1.807) is 0 Å². The zero-order chi connectivity index (χ0) is 13.6. The molecule has 0 aromatic heterocycles. The van der Waals surface area contributed by atoms with Gasteiger partial charge >= 0.3 is 0 Å². The number of benzene rings is 1. The third kappa shape index (κ3) is 2.29. The van der Waals surface area contributed by atoms with E-state index in [-0.39, 0.29) is 23.0 Å². The fraction of sp³-hybridized carbons (Fsp3) is 0.500. The summed E-state index contributed by atoms with van der Waals surface area (Å²) in [6.07, 6.45) is 3.27. The quantitative estimate of drug-likeness (QED) is 0.827. The highest BCUT2D eigenvalue weighted by Gasteiger charge is 2.50. The first-order valence-electron chi connectivity index (χ1n) is 6.94. The van der Waals surface area contributed by atoms with Crippen LogP contribution >= 0.6 is 0 Å². The molecular formula is C16H19NO2. The molecule has 3 rings (SSSR count). The fourth-order valence-corrected chi connectivity index (χ4v) is 2.84. The first kappa shape index (κ1) is 12.4. The molecule has 1 amide bonds. The first-order chi connectivity index (χ1) is 8.97. The summed E-state index contributed by atoms with van der Waals surface area (Å²) in [5.74, 6) is 0.496. The van der Waals surface area contributed by atoms with Crippen LogP contribution in [0.4, 0.5) is 5.69 Å². The van der Waals surface area contributed by atoms with E-state index < -0.39 is 0 Å². The van der Waals surface area contributed by atoms with Gasteiger partial charge in [-0.15, -0.1) is 0 Å². The lowest BCUT2D eigenvalue weighted by molar-refractivity contribution is -0.116. The number of fused-ring (bicyclic) bond motifs is 1. The summed E-state index contributed by atoms with van der Waals surface area (Å²) in [6, 6.07) is 5.69. The minimum Gasteiger partial charge on any atom is -0.326 e. The van der Waals surface area contributed by atoms with Crippen molar-refractivity contribution in [2.24, 2.45) is 11.3 Å². The molecule has 3 heteroatoms. The van der Waals surface area contributed by atoms with Gasteiger partial charge in [0.2, 0.25) is 5.91 Å². The Morgan fingerprint density at radius 3 is 2.74 bits per heavy atom. The Kier molecular flexibility index (Phi) is 2.73. The van der Waals surface area contributed by atoms with Crippen LogP contribution in [-0.2, 0) is 11.2 Å². The van der Waals surface area contributed by atoms with Crippen molar-refractivity contribution in [3.05, 3.63) is 29.3 Å². The highest BCUT2D eigenvalue weighted by molar-refractivity contribution is 6.01. The zero-order valence-corrected chi connectivity index (χ0v) is 11.5. The van der Waals surface area contributed by atoms with E-state index in [4.69, 9.17) is 0 Å². The van der Waals surface area contributed by atoms with Gasteiger partial charge in [-0.25, -0.2) is 0 Å². The van der Waals surface area contributed by atoms with Crippen LogP contribution in [0.25, 0.3) is 0 Å². The van der Waals surface area contributed by atoms with Crippen LogP contribution in [0, 0.1) is 11.3 Å². The van der Waals surface area contributed by atoms with Crippen molar-refractivity contribution in [2.75, 3.05) is 5.32 Å². The summed E-state index contributed by atoms with van der Waals surface area (Å²) in [4.78, 5) is 23.9. The average molecular weight is 257 g/mol. The summed E-state index contributed by atoms with van der Waals surface area (Å²) < 4.78 is 0. The minimum atomic E-state index is 0.0705. The number of carbonyl (C=O) groups is 2. The predicted molar refractivity (Wildman–Crippen MR) is 74.2 cm³/mol. The number of carbonyl (C=O) groups excluding carboxylic acids is 2. The lowest BCUT2D eigenvalue weighted by atomic mass is 9.97. The third-order valence-corrected chi connectivity index (χ3v) is 4.34. The Balaban J connectivity index is 1.87. The zero-order valence-electron chi connectivity index (χ0n) is 11.5. The van der Waals surface area contributed by atoms with Crippen molar-refractivity contribution in [1.29, 1.82) is 0 Å². The Bertz CT molecular complexity index is 560. The molecule has 1 aromatic carbocycles. The average Bonchev–Trinajstić information content (AvgIpc) is 3.03. The van der Waals surface area contributed by atoms with Crippen LogP contribution in [0.15, 0.2) is 18.2 Å². The number of hydrogen-bond donors (Lipinski definition) is 1. The maximum atomic E-state index is 12.4. The molecule has 1 N–H and O–H groups in total. The molecule has 2 aliphatic rings. The van der Waals surface area contributed by atoms with Gasteiger partial charge < -0.3 is 5.32 Å². The van der Waals surface area contributed by atoms with Crippen molar-refractivity contribution in [3.63, 3.8) is 0 Å². The molecule has 19 heavy (non-hydrogen) atoms. The van der Waals surface area contributed by atoms with Gasteiger partial charge in [0.15, 0.2) is 5.78 Å². The molecule has 100 valence electrons. The summed E-state index contributed by atoms with van der Waals surface area (Å²) in [6.45, 7) is 4.28. The summed E-state index contributed by atoms with van der Waals surface area (Å²) in [5.41, 5.74) is 2.92. The smallest absolute Gasteiger partial charge is 0.224 e. The summed E-state index contributed by atoms with van der Waals surface area (Å²) in [7, 11) is 0. The van der Waals surface area contributed by atoms with Crippen LogP contribution in [-0.4, -0.2) is 11.7 Å². The number of aryl methyl sites for hydroxylation is 1. The number of nitrogens with one attached hydrogen (secondary N) is 1. The predicted octanol–water partition coefficient (Wildman–Crippen LogP) is 3.19. The van der Waals surface area contributed by atoms with Crippen LogP contribution in [0.2, 0.25) is 0 Å². The second-order valence-corrected chi connectivity index (χ2v) is 6.38. The van der Waals surface area contributed by atoms with Crippen molar-refractivity contribution >= 4 is 17.4 Å². The van der Waals surface area contributed by atoms with Gasteiger partial charge in [0.1, 0.15) is 0 Å². The number of hydrogen-bond acceptors (Lipinski definition) is 2. The van der Waals surface area contributed by atoms with E-state index >= 15 is 0 Å². The van der Waals surface area contributed by atoms with E-state index in [1.807, 2.05) is 18.2 Å². The molecule has 1 aliphatic heterocycles. The Morgan fingerprint density at radius 1 is 1.32 bits per heavy atom. The molecule has 1 heterocycles. The Morgan fingerprint density at radius 2 is 2.05 bits per heavy atom. The maximum absolute atomic E-state index is 12.4. The third-order valence-electron chi connectivity index (χ3n) is 4.34. The Labute approximate surface area is 113 Å². The van der Waals surface area contributed by atoms with E-state index in [0.717, 1.165) is 36.1 Å². The largest absolute Gasteiger partial charge is 0.326 e. The normalized spacial score (nSPS) is 24.1. The topological polar surface area (TPSA) is 46.2 Å². The maximum Gasteiger partial charge on any atom is 0.224 e. The molecular weight excluding hydrogens is 238 g/mol. The molecule has 1 saturated carbocycles. The first-order valence-corrected chi connectivity index (χ1v) is 6.94. The van der Waals surface area contributed by atoms with Gasteiger partial charge in [-0.05, 0) is 48.4 Å². The number of ketones is 1.